The van der Waals surface area contributed by atoms with Crippen LogP contribution in [-0.2, 0) is 0 Å². The molecule has 0 saturated heterocycles. The van der Waals surface area contributed by atoms with Crippen molar-refractivity contribution in [2.45, 2.75) is 111 Å². The summed E-state index contributed by atoms with van der Waals surface area (Å²) in [6, 6.07) is 0. The number of fused-ring (bicyclic) bond motifs is 5. The molecule has 0 heterocycles. The Balaban J connectivity index is 1.52. The molecule has 160 valence electrons. The summed E-state index contributed by atoms with van der Waals surface area (Å²) < 4.78 is 0. The summed E-state index contributed by atoms with van der Waals surface area (Å²) in [5.74, 6) is 4.11. The fourth-order valence-corrected chi connectivity index (χ4v) is 8.40. The van der Waals surface area contributed by atoms with Crippen LogP contribution in [0, 0.1) is 40.4 Å². The van der Waals surface area contributed by atoms with Crippen LogP contribution in [0.1, 0.15) is 98.8 Å². The largest absolute Gasteiger partial charge is 0.393 e. The van der Waals surface area contributed by atoms with E-state index in [1.165, 1.54) is 38.5 Å². The first-order valence-electron chi connectivity index (χ1n) is 12.1. The molecule has 0 aliphatic heterocycles. The first-order valence-corrected chi connectivity index (χ1v) is 12.1. The van der Waals surface area contributed by atoms with Gasteiger partial charge in [-0.25, -0.2) is 0 Å². The lowest BCUT2D eigenvalue weighted by Crippen LogP contribution is -2.50. The van der Waals surface area contributed by atoms with E-state index in [9.17, 15) is 10.2 Å². The number of aliphatic hydroxyl groups is 2. The normalized spacial score (nSPS) is 47.0. The van der Waals surface area contributed by atoms with Gasteiger partial charge in [0.2, 0.25) is 0 Å². The van der Waals surface area contributed by atoms with Crippen LogP contribution < -0.4 is 0 Å². The minimum atomic E-state index is -0.532. The average Bonchev–Trinajstić information content (AvgIpc) is 2.97. The number of allylic oxidation sites excluding steroid dienone is 1. The second-order valence-electron chi connectivity index (χ2n) is 12.2. The van der Waals surface area contributed by atoms with Crippen LogP contribution in [0.25, 0.3) is 0 Å². The molecule has 0 amide bonds. The van der Waals surface area contributed by atoms with Gasteiger partial charge in [-0.3, -0.25) is 0 Å². The van der Waals surface area contributed by atoms with Crippen molar-refractivity contribution in [1.82, 2.24) is 0 Å². The molecule has 4 aliphatic rings. The van der Waals surface area contributed by atoms with E-state index in [1.807, 2.05) is 13.8 Å². The third-order valence-corrected chi connectivity index (χ3v) is 10.0. The standard InChI is InChI=1S/C26H44O2/c1-17(10-13-24(2,3)28)21-8-9-22-20-7-6-18-16-19(27)11-14-25(18,4)23(20)12-15-26(21,22)5/h6,17,19-23,27-28H,7-16H2,1-5H3/t17-,19+,20?,21-,22?,23?,25+,26-/m1/s1. The lowest BCUT2D eigenvalue weighted by molar-refractivity contribution is -0.0585. The van der Waals surface area contributed by atoms with Crippen molar-refractivity contribution in [2.24, 2.45) is 40.4 Å². The molecule has 0 spiro atoms. The first kappa shape index (κ1) is 20.9. The predicted molar refractivity (Wildman–Crippen MR) is 116 cm³/mol. The van der Waals surface area contributed by atoms with Crippen LogP contribution in [0.4, 0.5) is 0 Å². The Morgan fingerprint density at radius 2 is 1.86 bits per heavy atom. The van der Waals surface area contributed by atoms with Gasteiger partial charge in [-0.05, 0) is 118 Å². The van der Waals surface area contributed by atoms with E-state index in [1.54, 1.807) is 5.57 Å². The maximum absolute atomic E-state index is 10.2. The van der Waals surface area contributed by atoms with E-state index >= 15 is 0 Å². The number of hydrogen-bond acceptors (Lipinski definition) is 2. The molecule has 8 atom stereocenters. The van der Waals surface area contributed by atoms with Gasteiger partial charge in [-0.1, -0.05) is 32.4 Å². The molecule has 0 aromatic rings. The topological polar surface area (TPSA) is 40.5 Å². The molecule has 4 rings (SSSR count). The highest BCUT2D eigenvalue weighted by Crippen LogP contribution is 2.67. The molecule has 2 heteroatoms. The van der Waals surface area contributed by atoms with E-state index in [0.717, 1.165) is 49.4 Å². The van der Waals surface area contributed by atoms with Gasteiger partial charge >= 0.3 is 0 Å². The third kappa shape index (κ3) is 3.41. The second-order valence-corrected chi connectivity index (χ2v) is 12.2. The van der Waals surface area contributed by atoms with E-state index in [-0.39, 0.29) is 6.10 Å². The highest BCUT2D eigenvalue weighted by atomic mass is 16.3. The van der Waals surface area contributed by atoms with Crippen LogP contribution in [0.15, 0.2) is 11.6 Å². The summed E-state index contributed by atoms with van der Waals surface area (Å²) >= 11 is 0. The summed E-state index contributed by atoms with van der Waals surface area (Å²) in [5.41, 5.74) is 1.91. The zero-order valence-electron chi connectivity index (χ0n) is 19.0. The zero-order valence-corrected chi connectivity index (χ0v) is 19.0. The summed E-state index contributed by atoms with van der Waals surface area (Å²) in [6.07, 6.45) is 14.5. The van der Waals surface area contributed by atoms with Gasteiger partial charge in [0, 0.05) is 0 Å². The Hall–Kier alpha value is -0.340. The van der Waals surface area contributed by atoms with E-state index in [0.29, 0.717) is 16.7 Å². The van der Waals surface area contributed by atoms with Gasteiger partial charge in [0.05, 0.1) is 11.7 Å². The Morgan fingerprint density at radius 1 is 1.11 bits per heavy atom. The Kier molecular flexibility index (Phi) is 5.32. The Labute approximate surface area is 173 Å². The molecule has 2 N–H and O–H groups in total. The SMILES string of the molecule is C[C@H](CCC(C)(C)O)[C@H]1CCC2C3CC=C4C[C@@H](O)CC[C@]4(C)C3CC[C@@]21C. The van der Waals surface area contributed by atoms with E-state index in [2.05, 4.69) is 26.8 Å². The Bertz CT molecular complexity index is 616. The van der Waals surface area contributed by atoms with Crippen molar-refractivity contribution < 1.29 is 10.2 Å². The summed E-state index contributed by atoms with van der Waals surface area (Å²) in [4.78, 5) is 0. The fraction of sp³-hybridized carbons (Fsp3) is 0.923. The molecule has 4 aliphatic carbocycles. The zero-order chi connectivity index (χ0) is 20.3. The van der Waals surface area contributed by atoms with Crippen LogP contribution in [-0.4, -0.2) is 21.9 Å². The van der Waals surface area contributed by atoms with Gasteiger partial charge in [0.25, 0.3) is 0 Å². The van der Waals surface area contributed by atoms with Crippen molar-refractivity contribution in [3.8, 4) is 0 Å². The maximum atomic E-state index is 10.2. The minimum Gasteiger partial charge on any atom is -0.393 e. The smallest absolute Gasteiger partial charge is 0.0591 e. The number of hydrogen-bond donors (Lipinski definition) is 2. The first-order chi connectivity index (χ1) is 13.0. The molecule has 0 bridgehead atoms. The molecule has 2 nitrogen and oxygen atoms in total. The van der Waals surface area contributed by atoms with Gasteiger partial charge in [0.15, 0.2) is 0 Å². The van der Waals surface area contributed by atoms with Gasteiger partial charge < -0.3 is 10.2 Å². The summed E-state index contributed by atoms with van der Waals surface area (Å²) in [6.45, 7) is 11.5. The minimum absolute atomic E-state index is 0.0998. The molecule has 0 aromatic carbocycles. The molecule has 0 aromatic heterocycles. The molecule has 28 heavy (non-hydrogen) atoms. The number of rotatable bonds is 4. The van der Waals surface area contributed by atoms with Crippen LogP contribution in [0.5, 0.6) is 0 Å². The monoisotopic (exact) mass is 388 g/mol. The fourth-order valence-electron chi connectivity index (χ4n) is 8.40. The molecule has 3 unspecified atom stereocenters. The van der Waals surface area contributed by atoms with Gasteiger partial charge in [-0.15, -0.1) is 0 Å². The third-order valence-electron chi connectivity index (χ3n) is 10.0. The molecule has 3 saturated carbocycles. The highest BCUT2D eigenvalue weighted by Gasteiger charge is 2.59. The van der Waals surface area contributed by atoms with Crippen LogP contribution in [0.2, 0.25) is 0 Å². The predicted octanol–water partition coefficient (Wildman–Crippen LogP) is 6.11. The lowest BCUT2D eigenvalue weighted by Gasteiger charge is -2.58. The average molecular weight is 389 g/mol. The summed E-state index contributed by atoms with van der Waals surface area (Å²) in [7, 11) is 0. The van der Waals surface area contributed by atoms with Gasteiger partial charge in [-0.2, -0.15) is 0 Å². The van der Waals surface area contributed by atoms with Crippen molar-refractivity contribution in [3.63, 3.8) is 0 Å². The van der Waals surface area contributed by atoms with E-state index < -0.39 is 5.60 Å². The Morgan fingerprint density at radius 3 is 2.57 bits per heavy atom. The second kappa shape index (κ2) is 7.12. The molecular formula is C26H44O2. The lowest BCUT2D eigenvalue weighted by atomic mass is 9.47. The van der Waals surface area contributed by atoms with Crippen LogP contribution >= 0.6 is 0 Å². The van der Waals surface area contributed by atoms with E-state index in [4.69, 9.17) is 0 Å². The molecule has 3 fully saturated rings. The molecule has 0 radical (unpaired) electrons. The van der Waals surface area contributed by atoms with Crippen molar-refractivity contribution in [3.05, 3.63) is 11.6 Å². The molecular weight excluding hydrogens is 344 g/mol. The number of aliphatic hydroxyl groups excluding tert-OH is 1. The maximum Gasteiger partial charge on any atom is 0.0591 e. The highest BCUT2D eigenvalue weighted by molar-refractivity contribution is 5.25. The van der Waals surface area contributed by atoms with Crippen molar-refractivity contribution in [2.75, 3.05) is 0 Å². The van der Waals surface area contributed by atoms with Gasteiger partial charge in [0.1, 0.15) is 0 Å². The van der Waals surface area contributed by atoms with Crippen LogP contribution in [0.3, 0.4) is 0 Å². The van der Waals surface area contributed by atoms with Crippen molar-refractivity contribution >= 4 is 0 Å². The summed E-state index contributed by atoms with van der Waals surface area (Å²) in [5, 5.41) is 20.4. The quantitative estimate of drug-likeness (QED) is 0.570. The van der Waals surface area contributed by atoms with Crippen molar-refractivity contribution in [1.29, 1.82) is 0 Å².